The predicted molar refractivity (Wildman–Crippen MR) is 81.6 cm³/mol. The Labute approximate surface area is 126 Å². The summed E-state index contributed by atoms with van der Waals surface area (Å²) in [5, 5.41) is 9.97. The Morgan fingerprint density at radius 3 is 2.67 bits per heavy atom. The smallest absolute Gasteiger partial charge is 0.244 e. The van der Waals surface area contributed by atoms with Gasteiger partial charge in [0, 0.05) is 13.1 Å². The number of sulfonamides is 1. The molecule has 1 rings (SSSR count). The molecule has 1 aromatic heterocycles. The van der Waals surface area contributed by atoms with E-state index < -0.39 is 10.0 Å². The van der Waals surface area contributed by atoms with Gasteiger partial charge in [-0.1, -0.05) is 6.92 Å². The van der Waals surface area contributed by atoms with Crippen LogP contribution in [0.1, 0.15) is 38.6 Å². The van der Waals surface area contributed by atoms with Gasteiger partial charge >= 0.3 is 0 Å². The highest BCUT2D eigenvalue weighted by Crippen LogP contribution is 2.17. The summed E-state index contributed by atoms with van der Waals surface area (Å²) < 4.78 is 32.6. The van der Waals surface area contributed by atoms with E-state index in [0.29, 0.717) is 24.5 Å². The van der Waals surface area contributed by atoms with E-state index in [1.165, 1.54) is 0 Å². The van der Waals surface area contributed by atoms with Crippen LogP contribution in [0.2, 0.25) is 0 Å². The minimum absolute atomic E-state index is 0.0824. The molecule has 1 heterocycles. The number of nitrogens with one attached hydrogen (secondary N) is 3. The van der Waals surface area contributed by atoms with Gasteiger partial charge in [-0.2, -0.15) is 5.10 Å². The summed E-state index contributed by atoms with van der Waals surface area (Å²) in [7, 11) is -3.58. The summed E-state index contributed by atoms with van der Waals surface area (Å²) in [6.07, 6.45) is 1.06. The summed E-state index contributed by atoms with van der Waals surface area (Å²) >= 11 is 0. The van der Waals surface area contributed by atoms with E-state index in [0.717, 1.165) is 13.0 Å². The molecule has 0 spiro atoms. The van der Waals surface area contributed by atoms with Gasteiger partial charge in [0.05, 0.1) is 24.1 Å². The Balaban J connectivity index is 2.70. The Morgan fingerprint density at radius 1 is 1.33 bits per heavy atom. The highest BCUT2D eigenvalue weighted by molar-refractivity contribution is 7.89. The van der Waals surface area contributed by atoms with Crippen LogP contribution in [-0.2, 0) is 21.3 Å². The first-order valence-corrected chi connectivity index (χ1v) is 8.72. The topological polar surface area (TPSA) is 96.1 Å². The number of aryl methyl sites for hydroxylation is 1. The molecule has 3 N–H and O–H groups in total. The van der Waals surface area contributed by atoms with Crippen molar-refractivity contribution >= 4 is 10.0 Å². The van der Waals surface area contributed by atoms with Gasteiger partial charge in [0.25, 0.3) is 0 Å². The average Bonchev–Trinajstić information content (AvgIpc) is 2.77. The van der Waals surface area contributed by atoms with E-state index in [-0.39, 0.29) is 17.5 Å². The van der Waals surface area contributed by atoms with E-state index in [9.17, 15) is 8.42 Å². The Morgan fingerprint density at radius 2 is 2.05 bits per heavy atom. The normalized spacial score (nSPS) is 12.2. The Hall–Kier alpha value is -0.960. The number of H-pyrrole nitrogens is 1. The number of rotatable bonds is 10. The van der Waals surface area contributed by atoms with Crippen LogP contribution >= 0.6 is 0 Å². The van der Waals surface area contributed by atoms with E-state index in [4.69, 9.17) is 4.74 Å². The van der Waals surface area contributed by atoms with Crippen molar-refractivity contribution in [2.75, 3.05) is 19.7 Å². The minimum atomic E-state index is -3.58. The second-order valence-electron chi connectivity index (χ2n) is 5.12. The van der Waals surface area contributed by atoms with E-state index >= 15 is 0 Å². The summed E-state index contributed by atoms with van der Waals surface area (Å²) in [5.41, 5.74) is 1.05. The van der Waals surface area contributed by atoms with Crippen LogP contribution in [0, 0.1) is 6.92 Å². The summed E-state index contributed by atoms with van der Waals surface area (Å²) in [4.78, 5) is 0.232. The molecular formula is C13H26N4O3S. The molecule has 0 unspecified atom stereocenters. The van der Waals surface area contributed by atoms with Crippen molar-refractivity contribution in [1.29, 1.82) is 0 Å². The van der Waals surface area contributed by atoms with E-state index in [1.807, 2.05) is 13.8 Å². The number of hydrogen-bond acceptors (Lipinski definition) is 5. The van der Waals surface area contributed by atoms with Crippen molar-refractivity contribution in [3.63, 3.8) is 0 Å². The number of ether oxygens (including phenoxy) is 1. The van der Waals surface area contributed by atoms with Crippen LogP contribution in [-0.4, -0.2) is 44.4 Å². The monoisotopic (exact) mass is 318 g/mol. The quantitative estimate of drug-likeness (QED) is 0.558. The molecule has 122 valence electrons. The molecule has 0 aromatic carbocycles. The van der Waals surface area contributed by atoms with Gasteiger partial charge in [-0.05, 0) is 33.7 Å². The maximum absolute atomic E-state index is 12.4. The van der Waals surface area contributed by atoms with Gasteiger partial charge in [-0.3, -0.25) is 5.10 Å². The van der Waals surface area contributed by atoms with Gasteiger partial charge in [-0.15, -0.1) is 0 Å². The second kappa shape index (κ2) is 8.47. The molecular weight excluding hydrogens is 292 g/mol. The first-order chi connectivity index (χ1) is 9.88. The van der Waals surface area contributed by atoms with Crippen LogP contribution in [0.3, 0.4) is 0 Å². The van der Waals surface area contributed by atoms with Gasteiger partial charge in [0.15, 0.2) is 0 Å². The summed E-state index contributed by atoms with van der Waals surface area (Å²) in [5.74, 6) is 0. The zero-order valence-corrected chi connectivity index (χ0v) is 14.0. The van der Waals surface area contributed by atoms with Crippen molar-refractivity contribution in [3.8, 4) is 0 Å². The molecule has 0 saturated carbocycles. The minimum Gasteiger partial charge on any atom is -0.377 e. The third kappa shape index (κ3) is 5.74. The highest BCUT2D eigenvalue weighted by atomic mass is 32.2. The van der Waals surface area contributed by atoms with Crippen molar-refractivity contribution < 1.29 is 13.2 Å². The van der Waals surface area contributed by atoms with Gasteiger partial charge < -0.3 is 10.1 Å². The maximum Gasteiger partial charge on any atom is 0.244 e. The van der Waals surface area contributed by atoms with E-state index in [2.05, 4.69) is 27.2 Å². The molecule has 0 atom stereocenters. The van der Waals surface area contributed by atoms with Crippen molar-refractivity contribution in [1.82, 2.24) is 20.2 Å². The number of aromatic amines is 1. The van der Waals surface area contributed by atoms with Gasteiger partial charge in [0.1, 0.15) is 4.90 Å². The Bertz CT molecular complexity index is 526. The fourth-order valence-electron chi connectivity index (χ4n) is 1.87. The lowest BCUT2D eigenvalue weighted by Gasteiger charge is -2.10. The molecule has 0 radical (unpaired) electrons. The fraction of sp³-hybridized carbons (Fsp3) is 0.769. The fourth-order valence-corrected chi connectivity index (χ4v) is 3.25. The maximum atomic E-state index is 12.4. The second-order valence-corrected chi connectivity index (χ2v) is 6.82. The average molecular weight is 318 g/mol. The molecule has 0 aliphatic heterocycles. The largest absolute Gasteiger partial charge is 0.377 e. The molecule has 8 heteroatoms. The molecule has 1 aromatic rings. The summed E-state index contributed by atoms with van der Waals surface area (Å²) in [6.45, 7) is 9.41. The van der Waals surface area contributed by atoms with Crippen molar-refractivity contribution in [2.45, 2.75) is 51.7 Å². The molecule has 7 nitrogen and oxygen atoms in total. The van der Waals surface area contributed by atoms with Crippen LogP contribution in [0.15, 0.2) is 4.90 Å². The lowest BCUT2D eigenvalue weighted by molar-refractivity contribution is 0.0834. The molecule has 0 bridgehead atoms. The zero-order chi connectivity index (χ0) is 15.9. The molecule has 0 fully saturated rings. The van der Waals surface area contributed by atoms with Crippen LogP contribution in [0.25, 0.3) is 0 Å². The first-order valence-electron chi connectivity index (χ1n) is 7.24. The van der Waals surface area contributed by atoms with Crippen molar-refractivity contribution in [3.05, 3.63) is 11.4 Å². The third-order valence-corrected chi connectivity index (χ3v) is 4.46. The van der Waals surface area contributed by atoms with Crippen LogP contribution < -0.4 is 10.0 Å². The Kier molecular flexibility index (Phi) is 7.30. The van der Waals surface area contributed by atoms with Gasteiger partial charge in [-0.25, -0.2) is 13.1 Å². The number of nitrogens with zero attached hydrogens (tertiary/aromatic N) is 1. The molecule has 21 heavy (non-hydrogen) atoms. The van der Waals surface area contributed by atoms with Crippen LogP contribution in [0.4, 0.5) is 0 Å². The molecule has 0 aliphatic rings. The van der Waals surface area contributed by atoms with Crippen molar-refractivity contribution in [2.24, 2.45) is 0 Å². The molecule has 0 aliphatic carbocycles. The summed E-state index contributed by atoms with van der Waals surface area (Å²) in [6, 6.07) is 0. The number of hydrogen-bond donors (Lipinski definition) is 3. The molecule has 0 saturated heterocycles. The standard InChI is InChI=1S/C13H26N4O3S/c1-5-6-14-9-12-13(11(4)16-17-12)21(18,19)15-7-8-20-10(2)3/h10,14-15H,5-9H2,1-4H3,(H,16,17). The SMILES string of the molecule is CCCNCc1n[nH]c(C)c1S(=O)(=O)NCCOC(C)C. The van der Waals surface area contributed by atoms with Gasteiger partial charge in [0.2, 0.25) is 10.0 Å². The van der Waals surface area contributed by atoms with Crippen LogP contribution in [0.5, 0.6) is 0 Å². The lowest BCUT2D eigenvalue weighted by Crippen LogP contribution is -2.29. The molecule has 0 amide bonds. The predicted octanol–water partition coefficient (Wildman–Crippen LogP) is 0.921. The zero-order valence-electron chi connectivity index (χ0n) is 13.2. The first kappa shape index (κ1) is 18.1. The lowest BCUT2D eigenvalue weighted by atomic mass is 10.3. The number of aromatic nitrogens is 2. The van der Waals surface area contributed by atoms with E-state index in [1.54, 1.807) is 6.92 Å². The highest BCUT2D eigenvalue weighted by Gasteiger charge is 2.23. The third-order valence-electron chi connectivity index (χ3n) is 2.79.